The van der Waals surface area contributed by atoms with Gasteiger partial charge in [0.15, 0.2) is 0 Å². The van der Waals surface area contributed by atoms with Crippen LogP contribution in [0.1, 0.15) is 32.3 Å². The summed E-state index contributed by atoms with van der Waals surface area (Å²) in [6, 6.07) is 7.66. The van der Waals surface area contributed by atoms with E-state index in [2.05, 4.69) is 35.1 Å². The van der Waals surface area contributed by atoms with E-state index in [1.807, 2.05) is 24.3 Å². The summed E-state index contributed by atoms with van der Waals surface area (Å²) in [6.45, 7) is 4.44. The first-order chi connectivity index (χ1) is 9.08. The van der Waals surface area contributed by atoms with E-state index in [9.17, 15) is 9.90 Å². The van der Waals surface area contributed by atoms with Crippen molar-refractivity contribution in [1.29, 1.82) is 0 Å². The van der Waals surface area contributed by atoms with Crippen molar-refractivity contribution in [1.82, 2.24) is 5.32 Å². The highest BCUT2D eigenvalue weighted by Gasteiger charge is 2.16. The van der Waals surface area contributed by atoms with Crippen molar-refractivity contribution in [2.24, 2.45) is 5.92 Å². The monoisotopic (exact) mass is 327 g/mol. The minimum absolute atomic E-state index is 0.0584. The number of nitrogens with one attached hydrogen (secondary N) is 1. The Kier molecular flexibility index (Phi) is 7.10. The Hall–Kier alpha value is -0.870. The van der Waals surface area contributed by atoms with Gasteiger partial charge in [0.2, 0.25) is 5.91 Å². The Morgan fingerprint density at radius 3 is 2.53 bits per heavy atom. The Balaban J connectivity index is 2.42. The fourth-order valence-electron chi connectivity index (χ4n) is 2.10. The van der Waals surface area contributed by atoms with Crippen LogP contribution in [0.5, 0.6) is 0 Å². The van der Waals surface area contributed by atoms with Gasteiger partial charge in [0.25, 0.3) is 0 Å². The zero-order chi connectivity index (χ0) is 14.3. The number of carbonyl (C=O) groups excluding carboxylic acids is 1. The van der Waals surface area contributed by atoms with Gasteiger partial charge in [-0.2, -0.15) is 0 Å². The van der Waals surface area contributed by atoms with Gasteiger partial charge in [-0.1, -0.05) is 60.8 Å². The summed E-state index contributed by atoms with van der Waals surface area (Å²) in [7, 11) is 0. The standard InChI is InChI=1S/C15H22BrNO2/c1-3-11(4-2)14(18)10-17-15(19)9-12-7-5-6-8-13(12)16/h5-8,11,14,18H,3-4,9-10H2,1-2H3,(H,17,19). The van der Waals surface area contributed by atoms with Crippen molar-refractivity contribution >= 4 is 21.8 Å². The van der Waals surface area contributed by atoms with E-state index in [-0.39, 0.29) is 11.8 Å². The van der Waals surface area contributed by atoms with Crippen molar-refractivity contribution in [2.45, 2.75) is 39.2 Å². The number of rotatable bonds is 7. The van der Waals surface area contributed by atoms with E-state index < -0.39 is 6.10 Å². The van der Waals surface area contributed by atoms with Crippen molar-refractivity contribution in [3.05, 3.63) is 34.3 Å². The molecule has 0 spiro atoms. The first-order valence-electron chi connectivity index (χ1n) is 6.76. The SMILES string of the molecule is CCC(CC)C(O)CNC(=O)Cc1ccccc1Br. The first-order valence-corrected chi connectivity index (χ1v) is 7.55. The van der Waals surface area contributed by atoms with Gasteiger partial charge in [-0.05, 0) is 17.5 Å². The molecule has 0 aliphatic carbocycles. The maximum atomic E-state index is 11.8. The predicted molar refractivity (Wildman–Crippen MR) is 80.9 cm³/mol. The molecule has 0 aliphatic rings. The number of hydrogen-bond donors (Lipinski definition) is 2. The minimum atomic E-state index is -0.460. The van der Waals surface area contributed by atoms with Gasteiger partial charge in [0, 0.05) is 11.0 Å². The van der Waals surface area contributed by atoms with E-state index in [1.54, 1.807) is 0 Å². The summed E-state index contributed by atoms with van der Waals surface area (Å²) in [6.07, 6.45) is 1.73. The lowest BCUT2D eigenvalue weighted by molar-refractivity contribution is -0.121. The predicted octanol–water partition coefficient (Wildman–Crippen LogP) is 2.90. The third-order valence-corrected chi connectivity index (χ3v) is 4.18. The van der Waals surface area contributed by atoms with Gasteiger partial charge >= 0.3 is 0 Å². The minimum Gasteiger partial charge on any atom is -0.391 e. The highest BCUT2D eigenvalue weighted by molar-refractivity contribution is 9.10. The van der Waals surface area contributed by atoms with Crippen LogP contribution in [0.15, 0.2) is 28.7 Å². The molecule has 4 heteroatoms. The number of aliphatic hydroxyl groups is 1. The third-order valence-electron chi connectivity index (χ3n) is 3.41. The molecular formula is C15H22BrNO2. The van der Waals surface area contributed by atoms with Crippen LogP contribution in [0.4, 0.5) is 0 Å². The number of benzene rings is 1. The van der Waals surface area contributed by atoms with Crippen molar-refractivity contribution in [3.8, 4) is 0 Å². The average Bonchev–Trinajstić information content (AvgIpc) is 2.40. The maximum absolute atomic E-state index is 11.8. The van der Waals surface area contributed by atoms with Crippen LogP contribution in [0, 0.1) is 5.92 Å². The van der Waals surface area contributed by atoms with Crippen molar-refractivity contribution in [2.75, 3.05) is 6.54 Å². The molecular weight excluding hydrogens is 306 g/mol. The van der Waals surface area contributed by atoms with Crippen LogP contribution in [0.25, 0.3) is 0 Å². The van der Waals surface area contributed by atoms with Crippen LogP contribution in [-0.4, -0.2) is 23.7 Å². The molecule has 2 N–H and O–H groups in total. The molecule has 0 saturated carbocycles. The Morgan fingerprint density at radius 2 is 1.95 bits per heavy atom. The Labute approximate surface area is 123 Å². The maximum Gasteiger partial charge on any atom is 0.224 e. The summed E-state index contributed by atoms with van der Waals surface area (Å²) in [5.74, 6) is 0.195. The molecule has 0 bridgehead atoms. The molecule has 106 valence electrons. The fraction of sp³-hybridized carbons (Fsp3) is 0.533. The summed E-state index contributed by atoms with van der Waals surface area (Å²) in [4.78, 5) is 11.8. The van der Waals surface area contributed by atoms with Crippen LogP contribution in [0.3, 0.4) is 0 Å². The number of carbonyl (C=O) groups is 1. The summed E-state index contributed by atoms with van der Waals surface area (Å²) < 4.78 is 0.936. The van der Waals surface area contributed by atoms with Crippen molar-refractivity contribution < 1.29 is 9.90 Å². The highest BCUT2D eigenvalue weighted by atomic mass is 79.9. The summed E-state index contributed by atoms with van der Waals surface area (Å²) in [5.41, 5.74) is 0.956. The zero-order valence-electron chi connectivity index (χ0n) is 11.5. The number of aliphatic hydroxyl groups excluding tert-OH is 1. The summed E-state index contributed by atoms with van der Waals surface area (Å²) >= 11 is 3.42. The van der Waals surface area contributed by atoms with Gasteiger partial charge in [-0.3, -0.25) is 4.79 Å². The molecule has 19 heavy (non-hydrogen) atoms. The second-order valence-corrected chi connectivity index (χ2v) is 5.57. The van der Waals surface area contributed by atoms with Gasteiger partial charge in [0.1, 0.15) is 0 Å². The van der Waals surface area contributed by atoms with E-state index in [0.717, 1.165) is 22.9 Å². The molecule has 1 atom stereocenters. The Bertz CT molecular complexity index is 405. The molecule has 1 unspecified atom stereocenters. The first kappa shape index (κ1) is 16.2. The average molecular weight is 328 g/mol. The quantitative estimate of drug-likeness (QED) is 0.809. The van der Waals surface area contributed by atoms with Crippen molar-refractivity contribution in [3.63, 3.8) is 0 Å². The second-order valence-electron chi connectivity index (χ2n) is 4.72. The summed E-state index contributed by atoms with van der Waals surface area (Å²) in [5, 5.41) is 12.8. The molecule has 1 aromatic carbocycles. The van der Waals surface area contributed by atoms with Gasteiger partial charge < -0.3 is 10.4 Å². The fourth-order valence-corrected chi connectivity index (χ4v) is 2.52. The van der Waals surface area contributed by atoms with Crippen LogP contribution >= 0.6 is 15.9 Å². The normalized spacial score (nSPS) is 12.5. The van der Waals surface area contributed by atoms with E-state index in [4.69, 9.17) is 0 Å². The molecule has 0 heterocycles. The van der Waals surface area contributed by atoms with E-state index in [0.29, 0.717) is 13.0 Å². The lowest BCUT2D eigenvalue weighted by Gasteiger charge is -2.20. The molecule has 1 amide bonds. The topological polar surface area (TPSA) is 49.3 Å². The van der Waals surface area contributed by atoms with Crippen LogP contribution in [0.2, 0.25) is 0 Å². The Morgan fingerprint density at radius 1 is 1.32 bits per heavy atom. The van der Waals surface area contributed by atoms with Crippen LogP contribution in [-0.2, 0) is 11.2 Å². The largest absolute Gasteiger partial charge is 0.391 e. The molecule has 1 rings (SSSR count). The molecule has 0 aromatic heterocycles. The van der Waals surface area contributed by atoms with E-state index in [1.165, 1.54) is 0 Å². The highest BCUT2D eigenvalue weighted by Crippen LogP contribution is 2.16. The smallest absolute Gasteiger partial charge is 0.224 e. The molecule has 0 radical (unpaired) electrons. The van der Waals surface area contributed by atoms with Crippen LogP contribution < -0.4 is 5.32 Å². The number of amides is 1. The molecule has 0 saturated heterocycles. The van der Waals surface area contributed by atoms with E-state index >= 15 is 0 Å². The van der Waals surface area contributed by atoms with Gasteiger partial charge in [-0.25, -0.2) is 0 Å². The lowest BCUT2D eigenvalue weighted by Crippen LogP contribution is -2.36. The molecule has 0 fully saturated rings. The molecule has 1 aromatic rings. The number of halogens is 1. The van der Waals surface area contributed by atoms with Gasteiger partial charge in [-0.15, -0.1) is 0 Å². The molecule has 0 aliphatic heterocycles. The zero-order valence-corrected chi connectivity index (χ0v) is 13.1. The third kappa shape index (κ3) is 5.33. The van der Waals surface area contributed by atoms with Gasteiger partial charge in [0.05, 0.1) is 12.5 Å². The lowest BCUT2D eigenvalue weighted by atomic mass is 9.96. The second kappa shape index (κ2) is 8.33. The molecule has 3 nitrogen and oxygen atoms in total. The number of hydrogen-bond acceptors (Lipinski definition) is 2.